The molecule has 1 saturated heterocycles. The SMILES string of the molecule is NC[C@@H]1CCN(Cc2ccccc2)C[C@@H]1O. The van der Waals surface area contributed by atoms with Gasteiger partial charge >= 0.3 is 0 Å². The largest absolute Gasteiger partial charge is 0.391 e. The molecular formula is C13H20N2O. The first-order valence-electron chi connectivity index (χ1n) is 5.94. The number of nitrogens with two attached hydrogens (primary N) is 1. The second-order valence-electron chi connectivity index (χ2n) is 4.57. The molecule has 1 aliphatic rings. The molecule has 0 aromatic heterocycles. The minimum absolute atomic E-state index is 0.262. The van der Waals surface area contributed by atoms with Crippen LogP contribution in [0.25, 0.3) is 0 Å². The molecule has 3 heteroatoms. The second-order valence-corrected chi connectivity index (χ2v) is 4.57. The highest BCUT2D eigenvalue weighted by atomic mass is 16.3. The maximum atomic E-state index is 9.90. The Bertz CT molecular complexity index is 315. The molecule has 1 aromatic carbocycles. The van der Waals surface area contributed by atoms with Crippen LogP contribution in [-0.4, -0.2) is 35.7 Å². The lowest BCUT2D eigenvalue weighted by Crippen LogP contribution is -2.45. The van der Waals surface area contributed by atoms with Crippen molar-refractivity contribution in [2.45, 2.75) is 19.1 Å². The molecule has 3 N–H and O–H groups in total. The van der Waals surface area contributed by atoms with Crippen LogP contribution in [0, 0.1) is 5.92 Å². The maximum absolute atomic E-state index is 9.90. The summed E-state index contributed by atoms with van der Waals surface area (Å²) in [5.74, 6) is 0.284. The molecule has 1 fully saturated rings. The van der Waals surface area contributed by atoms with Crippen LogP contribution >= 0.6 is 0 Å². The molecule has 0 spiro atoms. The van der Waals surface area contributed by atoms with E-state index in [0.717, 1.165) is 26.1 Å². The van der Waals surface area contributed by atoms with E-state index < -0.39 is 0 Å². The first-order chi connectivity index (χ1) is 7.79. The van der Waals surface area contributed by atoms with Crippen molar-refractivity contribution in [1.82, 2.24) is 4.90 Å². The van der Waals surface area contributed by atoms with Crippen molar-refractivity contribution in [2.75, 3.05) is 19.6 Å². The summed E-state index contributed by atoms with van der Waals surface area (Å²) in [4.78, 5) is 2.30. The van der Waals surface area contributed by atoms with Crippen molar-refractivity contribution in [2.24, 2.45) is 11.7 Å². The van der Waals surface area contributed by atoms with Gasteiger partial charge in [0.25, 0.3) is 0 Å². The first-order valence-corrected chi connectivity index (χ1v) is 5.94. The molecule has 16 heavy (non-hydrogen) atoms. The average Bonchev–Trinajstić information content (AvgIpc) is 2.31. The molecule has 1 aromatic rings. The van der Waals surface area contributed by atoms with Crippen molar-refractivity contribution in [1.29, 1.82) is 0 Å². The van der Waals surface area contributed by atoms with E-state index >= 15 is 0 Å². The Balaban J connectivity index is 1.89. The van der Waals surface area contributed by atoms with Crippen LogP contribution in [0.4, 0.5) is 0 Å². The number of β-amino-alcohol motifs (C(OH)–C–C–N with tert-alkyl or cyclic N) is 1. The van der Waals surface area contributed by atoms with Gasteiger partial charge in [0.2, 0.25) is 0 Å². The molecule has 0 aliphatic carbocycles. The van der Waals surface area contributed by atoms with Crippen LogP contribution in [0.1, 0.15) is 12.0 Å². The van der Waals surface area contributed by atoms with Crippen LogP contribution in [0.3, 0.4) is 0 Å². The summed E-state index contributed by atoms with van der Waals surface area (Å²) in [6.45, 7) is 3.31. The van der Waals surface area contributed by atoms with Crippen molar-refractivity contribution in [3.63, 3.8) is 0 Å². The van der Waals surface area contributed by atoms with E-state index in [1.165, 1.54) is 5.56 Å². The van der Waals surface area contributed by atoms with Crippen LogP contribution in [-0.2, 0) is 6.54 Å². The summed E-state index contributed by atoms with van der Waals surface area (Å²) < 4.78 is 0. The molecule has 0 saturated carbocycles. The van der Waals surface area contributed by atoms with Crippen molar-refractivity contribution >= 4 is 0 Å². The van der Waals surface area contributed by atoms with E-state index in [9.17, 15) is 5.11 Å². The third-order valence-corrected chi connectivity index (χ3v) is 3.36. The average molecular weight is 220 g/mol. The Kier molecular flexibility index (Phi) is 3.93. The topological polar surface area (TPSA) is 49.5 Å². The lowest BCUT2D eigenvalue weighted by molar-refractivity contribution is 0.0221. The predicted molar refractivity (Wildman–Crippen MR) is 64.9 cm³/mol. The van der Waals surface area contributed by atoms with Gasteiger partial charge in [-0.1, -0.05) is 30.3 Å². The number of rotatable bonds is 3. The molecule has 0 amide bonds. The first kappa shape index (κ1) is 11.6. The highest BCUT2D eigenvalue weighted by Crippen LogP contribution is 2.18. The van der Waals surface area contributed by atoms with Gasteiger partial charge in [-0.05, 0) is 31.0 Å². The zero-order chi connectivity index (χ0) is 11.4. The summed E-state index contributed by atoms with van der Waals surface area (Å²) in [5.41, 5.74) is 6.92. The number of aliphatic hydroxyl groups is 1. The van der Waals surface area contributed by atoms with Gasteiger partial charge in [-0.2, -0.15) is 0 Å². The lowest BCUT2D eigenvalue weighted by Gasteiger charge is -2.35. The Morgan fingerprint density at radius 2 is 2.06 bits per heavy atom. The highest BCUT2D eigenvalue weighted by Gasteiger charge is 2.26. The quantitative estimate of drug-likeness (QED) is 0.793. The summed E-state index contributed by atoms with van der Waals surface area (Å²) >= 11 is 0. The summed E-state index contributed by atoms with van der Waals surface area (Å²) in [7, 11) is 0. The standard InChI is InChI=1S/C13H20N2O/c14-8-12-6-7-15(10-13(12)16)9-11-4-2-1-3-5-11/h1-5,12-13,16H,6-10,14H2/t12-,13-/m0/s1. The van der Waals surface area contributed by atoms with Gasteiger partial charge in [0.15, 0.2) is 0 Å². The van der Waals surface area contributed by atoms with Crippen LogP contribution in [0.5, 0.6) is 0 Å². The number of hydrogen-bond donors (Lipinski definition) is 2. The van der Waals surface area contributed by atoms with Gasteiger partial charge < -0.3 is 10.8 Å². The predicted octanol–water partition coefficient (Wildman–Crippen LogP) is 0.828. The normalized spacial score (nSPS) is 26.9. The number of likely N-dealkylation sites (tertiary alicyclic amines) is 1. The molecule has 1 heterocycles. The van der Waals surface area contributed by atoms with Crippen molar-refractivity contribution in [3.05, 3.63) is 35.9 Å². The van der Waals surface area contributed by atoms with Crippen LogP contribution < -0.4 is 5.73 Å². The Labute approximate surface area is 96.9 Å². The van der Waals surface area contributed by atoms with E-state index in [4.69, 9.17) is 5.73 Å². The van der Waals surface area contributed by atoms with Gasteiger partial charge in [-0.25, -0.2) is 0 Å². The molecule has 88 valence electrons. The van der Waals surface area contributed by atoms with E-state index in [-0.39, 0.29) is 12.0 Å². The minimum atomic E-state index is -0.262. The highest BCUT2D eigenvalue weighted by molar-refractivity contribution is 5.14. The molecule has 0 unspecified atom stereocenters. The summed E-state index contributed by atoms with van der Waals surface area (Å²) in [6.07, 6.45) is 0.743. The molecule has 2 rings (SSSR count). The maximum Gasteiger partial charge on any atom is 0.0707 e. The number of hydrogen-bond acceptors (Lipinski definition) is 3. The third kappa shape index (κ3) is 2.82. The van der Waals surface area contributed by atoms with Crippen LogP contribution in [0.15, 0.2) is 30.3 Å². The zero-order valence-electron chi connectivity index (χ0n) is 9.55. The third-order valence-electron chi connectivity index (χ3n) is 3.36. The Morgan fingerprint density at radius 1 is 1.31 bits per heavy atom. The van der Waals surface area contributed by atoms with Gasteiger partial charge in [0, 0.05) is 13.1 Å². The Hall–Kier alpha value is -0.900. The number of nitrogens with zero attached hydrogens (tertiary/aromatic N) is 1. The number of benzene rings is 1. The zero-order valence-corrected chi connectivity index (χ0v) is 9.55. The number of aliphatic hydroxyl groups excluding tert-OH is 1. The van der Waals surface area contributed by atoms with E-state index in [0.29, 0.717) is 6.54 Å². The van der Waals surface area contributed by atoms with Gasteiger partial charge in [0.05, 0.1) is 6.10 Å². The van der Waals surface area contributed by atoms with Gasteiger partial charge in [0.1, 0.15) is 0 Å². The summed E-state index contributed by atoms with van der Waals surface area (Å²) in [5, 5.41) is 9.90. The summed E-state index contributed by atoms with van der Waals surface area (Å²) in [6, 6.07) is 10.4. The fraction of sp³-hybridized carbons (Fsp3) is 0.538. The second kappa shape index (κ2) is 5.43. The molecule has 1 aliphatic heterocycles. The van der Waals surface area contributed by atoms with Crippen molar-refractivity contribution in [3.8, 4) is 0 Å². The monoisotopic (exact) mass is 220 g/mol. The smallest absolute Gasteiger partial charge is 0.0707 e. The molecular weight excluding hydrogens is 200 g/mol. The molecule has 0 radical (unpaired) electrons. The molecule has 0 bridgehead atoms. The molecule has 3 nitrogen and oxygen atoms in total. The minimum Gasteiger partial charge on any atom is -0.391 e. The fourth-order valence-electron chi connectivity index (χ4n) is 2.31. The molecule has 2 atom stereocenters. The van der Waals surface area contributed by atoms with Crippen LogP contribution in [0.2, 0.25) is 0 Å². The Morgan fingerprint density at radius 3 is 2.69 bits per heavy atom. The van der Waals surface area contributed by atoms with Gasteiger partial charge in [-0.3, -0.25) is 4.90 Å². The van der Waals surface area contributed by atoms with E-state index in [1.807, 2.05) is 6.07 Å². The lowest BCUT2D eigenvalue weighted by atomic mass is 9.94. The fourth-order valence-corrected chi connectivity index (χ4v) is 2.31. The van der Waals surface area contributed by atoms with E-state index in [1.54, 1.807) is 0 Å². The van der Waals surface area contributed by atoms with E-state index in [2.05, 4.69) is 29.2 Å². The number of piperidine rings is 1. The van der Waals surface area contributed by atoms with Crippen molar-refractivity contribution < 1.29 is 5.11 Å². The van der Waals surface area contributed by atoms with Gasteiger partial charge in [-0.15, -0.1) is 0 Å².